The number of aromatic hydroxyl groups is 1. The van der Waals surface area contributed by atoms with Crippen molar-refractivity contribution in [3.63, 3.8) is 0 Å². The molecule has 2 aromatic carbocycles. The van der Waals surface area contributed by atoms with Crippen molar-refractivity contribution < 1.29 is 39.3 Å². The smallest absolute Gasteiger partial charge is 0.326 e. The first kappa shape index (κ1) is 35.8. The van der Waals surface area contributed by atoms with Gasteiger partial charge in [-0.2, -0.15) is 0 Å². The first-order chi connectivity index (χ1) is 22.3. The first-order valence-electron chi connectivity index (χ1n) is 14.8. The molecule has 252 valence electrons. The highest BCUT2D eigenvalue weighted by Gasteiger charge is 2.31. The van der Waals surface area contributed by atoms with Crippen LogP contribution in [0.4, 0.5) is 0 Å². The van der Waals surface area contributed by atoms with Gasteiger partial charge in [0.15, 0.2) is 5.96 Å². The molecule has 0 spiro atoms. The summed E-state index contributed by atoms with van der Waals surface area (Å²) in [6, 6.07) is 8.00. The summed E-state index contributed by atoms with van der Waals surface area (Å²) in [6.07, 6.45) is 1.12. The number of rotatable bonds is 18. The molecule has 13 N–H and O–H groups in total. The van der Waals surface area contributed by atoms with E-state index in [2.05, 4.69) is 25.9 Å². The number of phenolic OH excluding ortho intramolecular Hbond substituents is 1. The summed E-state index contributed by atoms with van der Waals surface area (Å²) < 4.78 is 0. The summed E-state index contributed by atoms with van der Waals surface area (Å²) in [7, 11) is 0. The molecule has 0 saturated heterocycles. The van der Waals surface area contributed by atoms with E-state index in [1.165, 1.54) is 24.3 Å². The fourth-order valence-electron chi connectivity index (χ4n) is 4.83. The molecular formula is C31H40N8O8. The van der Waals surface area contributed by atoms with Gasteiger partial charge in [-0.1, -0.05) is 30.3 Å². The Hall–Kier alpha value is -5.64. The number of hydrogen-bond donors (Lipinski definition) is 10. The highest BCUT2D eigenvalue weighted by atomic mass is 16.4. The van der Waals surface area contributed by atoms with Crippen molar-refractivity contribution in [1.82, 2.24) is 20.9 Å². The number of nitrogens with one attached hydrogen (secondary N) is 4. The predicted octanol–water partition coefficient (Wildman–Crippen LogP) is -0.557. The number of carboxylic acids is 2. The number of para-hydroxylation sites is 1. The predicted molar refractivity (Wildman–Crippen MR) is 172 cm³/mol. The van der Waals surface area contributed by atoms with Crippen molar-refractivity contribution in [1.29, 1.82) is 0 Å². The number of carbonyl (C=O) groups excluding carboxylic acids is 3. The maximum absolute atomic E-state index is 13.5. The molecule has 3 aromatic rings. The first-order valence-corrected chi connectivity index (χ1v) is 14.8. The van der Waals surface area contributed by atoms with Crippen LogP contribution in [-0.2, 0) is 36.8 Å². The Morgan fingerprint density at radius 3 is 2.06 bits per heavy atom. The van der Waals surface area contributed by atoms with Crippen molar-refractivity contribution in [2.45, 2.75) is 62.7 Å². The molecule has 0 aliphatic carbocycles. The number of hydrogen-bond acceptors (Lipinski definition) is 8. The number of phenols is 1. The Bertz CT molecular complexity index is 1590. The number of aliphatic carboxylic acids is 2. The minimum Gasteiger partial charge on any atom is -0.508 e. The SMILES string of the molecule is NC(N)=NCCCC(NC(=O)C(N)Cc1c[nH]c2ccccc12)C(=O)NC(CCC(=O)O)C(=O)NC(Cc1ccc(O)cc1)C(=O)O. The monoisotopic (exact) mass is 652 g/mol. The highest BCUT2D eigenvalue weighted by molar-refractivity contribution is 5.94. The molecule has 4 atom stereocenters. The summed E-state index contributed by atoms with van der Waals surface area (Å²) in [5, 5.41) is 36.8. The van der Waals surface area contributed by atoms with Crippen molar-refractivity contribution in [2.75, 3.05) is 6.54 Å². The molecule has 0 fully saturated rings. The number of aromatic amines is 1. The van der Waals surface area contributed by atoms with Crippen LogP contribution >= 0.6 is 0 Å². The molecule has 47 heavy (non-hydrogen) atoms. The number of fused-ring (bicyclic) bond motifs is 1. The average molecular weight is 653 g/mol. The third kappa shape index (κ3) is 11.3. The van der Waals surface area contributed by atoms with E-state index in [1.807, 2.05) is 24.3 Å². The summed E-state index contributed by atoms with van der Waals surface area (Å²) in [4.78, 5) is 70.2. The quantitative estimate of drug-likeness (QED) is 0.0472. The Morgan fingerprint density at radius 2 is 1.43 bits per heavy atom. The van der Waals surface area contributed by atoms with Crippen LogP contribution in [0.3, 0.4) is 0 Å². The third-order valence-electron chi connectivity index (χ3n) is 7.30. The lowest BCUT2D eigenvalue weighted by molar-refractivity contribution is -0.143. The van der Waals surface area contributed by atoms with Crippen LogP contribution in [0.5, 0.6) is 5.75 Å². The zero-order valence-electron chi connectivity index (χ0n) is 25.5. The molecule has 16 nitrogen and oxygen atoms in total. The molecular weight excluding hydrogens is 612 g/mol. The number of guanidine groups is 1. The lowest BCUT2D eigenvalue weighted by Gasteiger charge is -2.25. The van der Waals surface area contributed by atoms with Crippen LogP contribution in [-0.4, -0.2) is 86.6 Å². The van der Waals surface area contributed by atoms with Crippen molar-refractivity contribution in [2.24, 2.45) is 22.2 Å². The molecule has 0 bridgehead atoms. The Kier molecular flexibility index (Phi) is 13.1. The highest BCUT2D eigenvalue weighted by Crippen LogP contribution is 2.19. The van der Waals surface area contributed by atoms with Gasteiger partial charge < -0.3 is 53.5 Å². The lowest BCUT2D eigenvalue weighted by Crippen LogP contribution is -2.57. The Morgan fingerprint density at radius 1 is 0.809 bits per heavy atom. The minimum atomic E-state index is -1.46. The second-order valence-corrected chi connectivity index (χ2v) is 10.9. The molecule has 0 radical (unpaired) electrons. The van der Waals surface area contributed by atoms with Gasteiger partial charge in [0.25, 0.3) is 0 Å². The number of aromatic nitrogens is 1. The third-order valence-corrected chi connectivity index (χ3v) is 7.30. The van der Waals surface area contributed by atoms with Crippen molar-refractivity contribution >= 4 is 46.5 Å². The molecule has 3 amide bonds. The van der Waals surface area contributed by atoms with E-state index in [0.29, 0.717) is 5.56 Å². The second-order valence-electron chi connectivity index (χ2n) is 10.9. The Labute approximate surface area is 269 Å². The fraction of sp³-hybridized carbons (Fsp3) is 0.355. The summed E-state index contributed by atoms with van der Waals surface area (Å²) >= 11 is 0. The van der Waals surface area contributed by atoms with Gasteiger partial charge in [0, 0.05) is 36.5 Å². The number of H-pyrrole nitrogens is 1. The molecule has 16 heteroatoms. The van der Waals surface area contributed by atoms with Crippen molar-refractivity contribution in [3.05, 3.63) is 65.9 Å². The minimum absolute atomic E-state index is 0.0278. The van der Waals surface area contributed by atoms with Crippen LogP contribution in [0.25, 0.3) is 10.9 Å². The second kappa shape index (κ2) is 17.2. The zero-order valence-corrected chi connectivity index (χ0v) is 25.5. The van der Waals surface area contributed by atoms with E-state index >= 15 is 0 Å². The summed E-state index contributed by atoms with van der Waals surface area (Å²) in [5.41, 5.74) is 19.1. The molecule has 1 heterocycles. The number of aliphatic imine (C=N–C) groups is 1. The van der Waals surface area contributed by atoms with E-state index < -0.39 is 60.2 Å². The molecule has 1 aromatic heterocycles. The van der Waals surface area contributed by atoms with Gasteiger partial charge in [-0.15, -0.1) is 0 Å². The van der Waals surface area contributed by atoms with E-state index in [9.17, 15) is 39.3 Å². The summed E-state index contributed by atoms with van der Waals surface area (Å²) in [5.74, 6) is -5.22. The average Bonchev–Trinajstić information content (AvgIpc) is 3.43. The van der Waals surface area contributed by atoms with E-state index in [-0.39, 0.29) is 50.4 Å². The summed E-state index contributed by atoms with van der Waals surface area (Å²) in [6.45, 7) is 0.129. The van der Waals surface area contributed by atoms with Gasteiger partial charge in [0.1, 0.15) is 23.9 Å². The van der Waals surface area contributed by atoms with Crippen molar-refractivity contribution in [3.8, 4) is 5.75 Å². The normalized spacial score (nSPS) is 13.5. The van der Waals surface area contributed by atoms with Gasteiger partial charge in [0.05, 0.1) is 6.04 Å². The van der Waals surface area contributed by atoms with Gasteiger partial charge >= 0.3 is 11.9 Å². The number of amides is 3. The van der Waals surface area contributed by atoms with Gasteiger partial charge in [0.2, 0.25) is 17.7 Å². The molecule has 0 aliphatic rings. The molecule has 0 aliphatic heterocycles. The molecule has 3 rings (SSSR count). The molecule has 0 saturated carbocycles. The van der Waals surface area contributed by atoms with Crippen LogP contribution in [0, 0.1) is 0 Å². The van der Waals surface area contributed by atoms with Gasteiger partial charge in [-0.25, -0.2) is 4.79 Å². The van der Waals surface area contributed by atoms with Crippen LogP contribution in [0.2, 0.25) is 0 Å². The number of benzene rings is 2. The zero-order chi connectivity index (χ0) is 34.5. The largest absolute Gasteiger partial charge is 0.508 e. The lowest BCUT2D eigenvalue weighted by atomic mass is 10.0. The van der Waals surface area contributed by atoms with E-state index in [4.69, 9.17) is 17.2 Å². The maximum atomic E-state index is 13.5. The van der Waals surface area contributed by atoms with Crippen LogP contribution in [0.15, 0.2) is 59.7 Å². The fourth-order valence-corrected chi connectivity index (χ4v) is 4.83. The van der Waals surface area contributed by atoms with E-state index in [1.54, 1.807) is 6.20 Å². The van der Waals surface area contributed by atoms with E-state index in [0.717, 1.165) is 16.5 Å². The van der Waals surface area contributed by atoms with Gasteiger partial charge in [-0.05, 0) is 55.0 Å². The van der Waals surface area contributed by atoms with Crippen LogP contribution < -0.4 is 33.2 Å². The van der Waals surface area contributed by atoms with Crippen LogP contribution in [0.1, 0.15) is 36.8 Å². The number of carboxylic acid groups (broad SMARTS) is 2. The number of nitrogens with zero attached hydrogens (tertiary/aromatic N) is 1. The topological polar surface area (TPSA) is 288 Å². The number of carbonyl (C=O) groups is 5. The van der Waals surface area contributed by atoms with Gasteiger partial charge in [-0.3, -0.25) is 24.2 Å². The number of nitrogens with two attached hydrogens (primary N) is 3. The molecule has 4 unspecified atom stereocenters. The Balaban J connectivity index is 1.75. The maximum Gasteiger partial charge on any atom is 0.326 e. The standard InChI is InChI=1S/C31H40N8O8/c32-21(15-18-16-36-22-5-2-1-4-20(18)22)27(43)37-23(6-3-13-35-31(33)34)28(44)38-24(11-12-26(41)42)29(45)39-25(30(46)47)14-17-7-9-19(40)10-8-17/h1-2,4-5,7-10,16,21,23-25,36,40H,3,6,11-15,32H2,(H,37,43)(H,38,44)(H,39,45)(H,41,42)(H,46,47)(H4,33,34,35).